The molecule has 0 aromatic heterocycles. The summed E-state index contributed by atoms with van der Waals surface area (Å²) in [5.41, 5.74) is 7.85. The number of carbonyl (C=O) groups is 2. The van der Waals surface area contributed by atoms with Gasteiger partial charge in [0.05, 0.1) is 45.6 Å². The van der Waals surface area contributed by atoms with E-state index in [0.717, 1.165) is 37.1 Å². The molecule has 0 saturated carbocycles. The number of piperidine rings is 1. The van der Waals surface area contributed by atoms with Gasteiger partial charge in [0.2, 0.25) is 5.91 Å². The quantitative estimate of drug-likeness (QED) is 0.170. The van der Waals surface area contributed by atoms with Gasteiger partial charge < -0.3 is 20.3 Å². The largest absolute Gasteiger partial charge is 0.495 e. The van der Waals surface area contributed by atoms with E-state index in [1.807, 2.05) is 18.2 Å². The van der Waals surface area contributed by atoms with E-state index in [1.54, 1.807) is 42.7 Å². The molecule has 0 spiro atoms. The minimum Gasteiger partial charge on any atom is -0.495 e. The number of rotatable bonds is 12. The van der Waals surface area contributed by atoms with Gasteiger partial charge >= 0.3 is 0 Å². The molecular formula is C37H37Cl2FN4O4S. The Morgan fingerprint density at radius 1 is 1.10 bits per heavy atom. The Morgan fingerprint density at radius 2 is 1.84 bits per heavy atom. The molecule has 1 fully saturated rings. The molecule has 12 heteroatoms. The highest BCUT2D eigenvalue weighted by molar-refractivity contribution is 7.84. The van der Waals surface area contributed by atoms with Crippen LogP contribution in [0.1, 0.15) is 58.1 Å². The summed E-state index contributed by atoms with van der Waals surface area (Å²) < 4.78 is 31.9. The number of carbonyl (C=O) groups excluding carboxylic acids is 2. The molecule has 1 aliphatic heterocycles. The van der Waals surface area contributed by atoms with Gasteiger partial charge in [0.15, 0.2) is 0 Å². The van der Waals surface area contributed by atoms with Crippen LogP contribution in [0, 0.1) is 17.1 Å². The molecule has 4 aromatic carbocycles. The Labute approximate surface area is 298 Å². The van der Waals surface area contributed by atoms with Gasteiger partial charge in [-0.3, -0.25) is 13.8 Å². The standard InChI is InChI=1S/C37H37Cl2FN4O4S/c1-48-36-27(20-41)17-25-5-3-4-6-30(25)35(36)37(46)44(22-34(42)45)21-26(24-7-10-31(38)32(39)18-24)13-16-43-14-11-23(12-15-43)29-9-8-28(40)19-33(29)49(2)47/h3-10,17-19,23,26H,11-16,21-22H2,1-2H3,(H2,42,45)/t26-,49+/m1/s1. The van der Waals surface area contributed by atoms with Crippen molar-refractivity contribution in [1.82, 2.24) is 9.80 Å². The third-order valence-corrected chi connectivity index (χ3v) is 10.8. The molecule has 2 atom stereocenters. The smallest absolute Gasteiger partial charge is 0.258 e. The highest BCUT2D eigenvalue weighted by Crippen LogP contribution is 2.36. The number of nitrogens with zero attached hydrogens (tertiary/aromatic N) is 3. The molecule has 0 radical (unpaired) electrons. The van der Waals surface area contributed by atoms with Crippen molar-refractivity contribution < 1.29 is 22.9 Å². The number of halogens is 3. The van der Waals surface area contributed by atoms with Crippen molar-refractivity contribution in [1.29, 1.82) is 5.26 Å². The minimum absolute atomic E-state index is 0.130. The van der Waals surface area contributed by atoms with Crippen molar-refractivity contribution in [2.75, 3.05) is 46.1 Å². The SMILES string of the molecule is COc1c(C#N)cc2ccccc2c1C(=O)N(CC(N)=O)C[C@@H](CCN1CCC(c2ccc(F)cc2[S@](C)=O)CC1)c1ccc(Cl)c(Cl)c1. The molecule has 0 aliphatic carbocycles. The second-order valence-electron chi connectivity index (χ2n) is 12.2. The lowest BCUT2D eigenvalue weighted by molar-refractivity contribution is -0.118. The first kappa shape index (κ1) is 36.3. The number of nitrogens with two attached hydrogens (primary N) is 1. The maximum absolute atomic E-state index is 14.4. The predicted molar refractivity (Wildman–Crippen MR) is 191 cm³/mol. The van der Waals surface area contributed by atoms with E-state index in [-0.39, 0.29) is 41.8 Å². The van der Waals surface area contributed by atoms with Crippen LogP contribution in [0.5, 0.6) is 5.75 Å². The third-order valence-electron chi connectivity index (χ3n) is 9.14. The van der Waals surface area contributed by atoms with Gasteiger partial charge in [-0.2, -0.15) is 5.26 Å². The normalized spacial score (nSPS) is 15.0. The molecule has 256 valence electrons. The molecule has 0 unspecified atom stereocenters. The lowest BCUT2D eigenvalue weighted by Gasteiger charge is -2.34. The van der Waals surface area contributed by atoms with Crippen LogP contribution in [0.3, 0.4) is 0 Å². The lowest BCUT2D eigenvalue weighted by Crippen LogP contribution is -2.42. The molecule has 0 bridgehead atoms. The Bertz CT molecular complexity index is 1940. The summed E-state index contributed by atoms with van der Waals surface area (Å²) in [5.74, 6) is -1.54. The van der Waals surface area contributed by atoms with E-state index >= 15 is 0 Å². The predicted octanol–water partition coefficient (Wildman–Crippen LogP) is 6.88. The summed E-state index contributed by atoms with van der Waals surface area (Å²) in [5, 5.41) is 11.9. The molecule has 4 aromatic rings. The summed E-state index contributed by atoms with van der Waals surface area (Å²) in [6.45, 7) is 2.02. The van der Waals surface area contributed by atoms with E-state index in [0.29, 0.717) is 38.7 Å². The van der Waals surface area contributed by atoms with Crippen molar-refractivity contribution in [2.24, 2.45) is 5.73 Å². The van der Waals surface area contributed by atoms with Crippen LogP contribution in [0.4, 0.5) is 4.39 Å². The van der Waals surface area contributed by atoms with E-state index in [1.165, 1.54) is 24.1 Å². The van der Waals surface area contributed by atoms with Crippen molar-refractivity contribution in [3.05, 3.63) is 105 Å². The van der Waals surface area contributed by atoms with Crippen LogP contribution in [-0.2, 0) is 15.6 Å². The van der Waals surface area contributed by atoms with E-state index in [4.69, 9.17) is 33.7 Å². The zero-order valence-corrected chi connectivity index (χ0v) is 29.6. The Hall–Kier alpha value is -4.01. The highest BCUT2D eigenvalue weighted by atomic mass is 35.5. The van der Waals surface area contributed by atoms with Crippen LogP contribution < -0.4 is 10.5 Å². The fourth-order valence-electron chi connectivity index (χ4n) is 6.70. The Morgan fingerprint density at radius 3 is 2.49 bits per heavy atom. The number of hydrogen-bond donors (Lipinski definition) is 1. The van der Waals surface area contributed by atoms with Crippen LogP contribution >= 0.6 is 23.2 Å². The summed E-state index contributed by atoms with van der Waals surface area (Å²) in [6.07, 6.45) is 3.83. The van der Waals surface area contributed by atoms with Gasteiger partial charge in [-0.05, 0) is 97.0 Å². The van der Waals surface area contributed by atoms with E-state index < -0.39 is 28.4 Å². The zero-order valence-electron chi connectivity index (χ0n) is 27.3. The van der Waals surface area contributed by atoms with Crippen LogP contribution in [-0.4, -0.2) is 71.9 Å². The summed E-state index contributed by atoms with van der Waals surface area (Å²) in [6, 6.07) is 20.9. The number of methoxy groups -OCH3 is 1. The van der Waals surface area contributed by atoms with Gasteiger partial charge in [-0.25, -0.2) is 4.39 Å². The van der Waals surface area contributed by atoms with Gasteiger partial charge in [0.1, 0.15) is 17.6 Å². The third kappa shape index (κ3) is 8.42. The molecule has 1 saturated heterocycles. The van der Waals surface area contributed by atoms with Crippen molar-refractivity contribution in [3.63, 3.8) is 0 Å². The first-order valence-corrected chi connectivity index (χ1v) is 18.2. The second-order valence-corrected chi connectivity index (χ2v) is 14.4. The Balaban J connectivity index is 1.41. The first-order valence-electron chi connectivity index (χ1n) is 15.9. The van der Waals surface area contributed by atoms with Crippen LogP contribution in [0.2, 0.25) is 10.0 Å². The number of primary amides is 1. The van der Waals surface area contributed by atoms with Crippen molar-refractivity contribution in [3.8, 4) is 11.8 Å². The minimum atomic E-state index is -1.30. The second kappa shape index (κ2) is 16.1. The molecule has 5 rings (SSSR count). The van der Waals surface area contributed by atoms with Gasteiger partial charge in [-0.15, -0.1) is 0 Å². The number of nitriles is 1. The summed E-state index contributed by atoms with van der Waals surface area (Å²) in [7, 11) is 0.104. The Kier molecular flexibility index (Phi) is 11.9. The maximum atomic E-state index is 14.4. The number of hydrogen-bond acceptors (Lipinski definition) is 6. The first-order chi connectivity index (χ1) is 23.5. The van der Waals surface area contributed by atoms with E-state index in [9.17, 15) is 23.5 Å². The monoisotopic (exact) mass is 722 g/mol. The van der Waals surface area contributed by atoms with Gasteiger partial charge in [-0.1, -0.05) is 59.6 Å². The molecule has 49 heavy (non-hydrogen) atoms. The van der Waals surface area contributed by atoms with Gasteiger partial charge in [0.25, 0.3) is 5.91 Å². The van der Waals surface area contributed by atoms with Gasteiger partial charge in [0, 0.05) is 23.6 Å². The fourth-order valence-corrected chi connectivity index (χ4v) is 7.85. The van der Waals surface area contributed by atoms with Crippen molar-refractivity contribution >= 4 is 56.6 Å². The lowest BCUT2D eigenvalue weighted by atomic mass is 9.88. The van der Waals surface area contributed by atoms with Crippen LogP contribution in [0.25, 0.3) is 10.8 Å². The number of likely N-dealkylation sites (tertiary alicyclic amines) is 1. The number of amides is 2. The number of ether oxygens (including phenoxy) is 1. The topological polar surface area (TPSA) is 117 Å². The zero-order chi connectivity index (χ0) is 35.2. The number of benzene rings is 4. The molecule has 2 N–H and O–H groups in total. The fraction of sp³-hybridized carbons (Fsp3) is 0.324. The molecule has 8 nitrogen and oxygen atoms in total. The average Bonchev–Trinajstić information content (AvgIpc) is 3.09. The molecule has 2 amide bonds. The summed E-state index contributed by atoms with van der Waals surface area (Å²) in [4.78, 5) is 31.1. The molecule has 1 heterocycles. The highest BCUT2D eigenvalue weighted by Gasteiger charge is 2.30. The maximum Gasteiger partial charge on any atom is 0.258 e. The summed E-state index contributed by atoms with van der Waals surface area (Å²) >= 11 is 12.7. The number of fused-ring (bicyclic) bond motifs is 1. The molecule has 1 aliphatic rings. The van der Waals surface area contributed by atoms with Crippen molar-refractivity contribution in [2.45, 2.75) is 36.0 Å². The van der Waals surface area contributed by atoms with E-state index in [2.05, 4.69) is 11.0 Å². The average molecular weight is 724 g/mol. The molecular weight excluding hydrogens is 686 g/mol. The van der Waals surface area contributed by atoms with Crippen LogP contribution in [0.15, 0.2) is 71.6 Å².